The summed E-state index contributed by atoms with van der Waals surface area (Å²) in [4.78, 5) is 10.2. The zero-order chi connectivity index (χ0) is 8.69. The summed E-state index contributed by atoms with van der Waals surface area (Å²) >= 11 is 5.50. The van der Waals surface area contributed by atoms with E-state index in [-0.39, 0.29) is 52.8 Å². The molecule has 2 nitrogen and oxygen atoms in total. The third kappa shape index (κ3) is 9.48. The summed E-state index contributed by atoms with van der Waals surface area (Å²) in [5, 5.41) is 7.72. The molecule has 4 heteroatoms. The van der Waals surface area contributed by atoms with Gasteiger partial charge < -0.3 is 6.53 Å². The van der Waals surface area contributed by atoms with E-state index in [1.54, 1.807) is 0 Å². The van der Waals surface area contributed by atoms with Gasteiger partial charge in [-0.25, -0.2) is 0 Å². The second-order valence-electron chi connectivity index (χ2n) is 2.66. The Kier molecular flexibility index (Phi) is 13.8. The molecule has 0 aromatic heterocycles. The molecule has 0 aliphatic rings. The number of carboxylic acid groups (broad SMARTS) is 1. The van der Waals surface area contributed by atoms with Crippen molar-refractivity contribution in [2.75, 3.05) is 0 Å². The van der Waals surface area contributed by atoms with Crippen molar-refractivity contribution in [1.29, 1.82) is 0 Å². The molecule has 0 saturated carbocycles. The van der Waals surface area contributed by atoms with Crippen LogP contribution in [0.2, 0.25) is 0 Å². The van der Waals surface area contributed by atoms with Crippen LogP contribution in [0.25, 0.3) is 0 Å². The number of alkyl halides is 1. The van der Waals surface area contributed by atoms with Crippen LogP contribution in [0.1, 0.15) is 40.5 Å². The molecular formula is C8H16ClKO2. The Bertz CT molecular complexity index is 125. The van der Waals surface area contributed by atoms with E-state index in [1.165, 1.54) is 12.8 Å². The van der Waals surface area contributed by atoms with E-state index in [0.717, 1.165) is 12.8 Å². The minimum absolute atomic E-state index is 0. The molecule has 0 aromatic rings. The van der Waals surface area contributed by atoms with Crippen molar-refractivity contribution in [1.82, 2.24) is 0 Å². The molecule has 1 N–H and O–H groups in total. The second-order valence-corrected chi connectivity index (χ2v) is 3.18. The van der Waals surface area contributed by atoms with Crippen molar-refractivity contribution in [2.45, 2.75) is 44.4 Å². The number of carbonyl (C=O) groups is 1. The summed E-state index contributed by atoms with van der Waals surface area (Å²) in [7, 11) is 0. The zero-order valence-electron chi connectivity index (χ0n) is 8.85. The Morgan fingerprint density at radius 1 is 1.50 bits per heavy atom. The minimum atomic E-state index is -0.900. The number of unbranched alkanes of at least 4 members (excludes halogenated alkanes) is 3. The van der Waals surface area contributed by atoms with Crippen LogP contribution in [-0.2, 0) is 4.79 Å². The van der Waals surface area contributed by atoms with Crippen molar-refractivity contribution in [3.8, 4) is 0 Å². The summed E-state index contributed by atoms with van der Waals surface area (Å²) in [5.74, 6) is -0.900. The molecule has 0 saturated heterocycles. The maximum Gasteiger partial charge on any atom is 1.00 e. The Hall–Kier alpha value is 1.40. The fourth-order valence-corrected chi connectivity index (χ4v) is 1.03. The molecule has 0 rings (SSSR count). The summed E-state index contributed by atoms with van der Waals surface area (Å²) in [6, 6.07) is 0. The molecule has 0 heterocycles. The van der Waals surface area contributed by atoms with Gasteiger partial charge in [0.1, 0.15) is 5.38 Å². The Balaban J connectivity index is -0.000000500. The Morgan fingerprint density at radius 3 is 2.50 bits per heavy atom. The van der Waals surface area contributed by atoms with Crippen LogP contribution in [0.15, 0.2) is 0 Å². The SMILES string of the molecule is CCCCCCC(Cl)C(=O)O.[H-].[K+]. The summed E-state index contributed by atoms with van der Waals surface area (Å²) in [6.45, 7) is 2.12. The van der Waals surface area contributed by atoms with Crippen LogP contribution in [0.3, 0.4) is 0 Å². The number of carboxylic acids is 1. The molecule has 0 spiro atoms. The van der Waals surface area contributed by atoms with Gasteiger partial charge in [0.05, 0.1) is 0 Å². The second kappa shape index (κ2) is 10.5. The fraction of sp³-hybridized carbons (Fsp3) is 0.875. The average molecular weight is 219 g/mol. The van der Waals surface area contributed by atoms with Crippen molar-refractivity contribution in [3.63, 3.8) is 0 Å². The molecular weight excluding hydrogens is 203 g/mol. The molecule has 1 unspecified atom stereocenters. The van der Waals surface area contributed by atoms with Gasteiger partial charge in [0.15, 0.2) is 0 Å². The van der Waals surface area contributed by atoms with Crippen molar-refractivity contribution < 1.29 is 62.7 Å². The molecule has 0 amide bonds. The van der Waals surface area contributed by atoms with Gasteiger partial charge in [-0.05, 0) is 6.42 Å². The molecule has 0 radical (unpaired) electrons. The van der Waals surface area contributed by atoms with Crippen molar-refractivity contribution in [3.05, 3.63) is 0 Å². The van der Waals surface area contributed by atoms with Crippen molar-refractivity contribution >= 4 is 17.6 Å². The van der Waals surface area contributed by atoms with E-state index in [0.29, 0.717) is 6.42 Å². The Labute approximate surface area is 123 Å². The third-order valence-corrected chi connectivity index (χ3v) is 1.98. The van der Waals surface area contributed by atoms with E-state index in [2.05, 4.69) is 6.92 Å². The Morgan fingerprint density at radius 2 is 2.08 bits per heavy atom. The van der Waals surface area contributed by atoms with Gasteiger partial charge >= 0.3 is 57.4 Å². The smallest absolute Gasteiger partial charge is 1.00 e. The van der Waals surface area contributed by atoms with E-state index >= 15 is 0 Å². The van der Waals surface area contributed by atoms with Crippen LogP contribution in [0.5, 0.6) is 0 Å². The first-order chi connectivity index (χ1) is 5.18. The fourth-order valence-electron chi connectivity index (χ4n) is 0.874. The van der Waals surface area contributed by atoms with Crippen LogP contribution in [0.4, 0.5) is 0 Å². The van der Waals surface area contributed by atoms with Crippen LogP contribution in [-0.4, -0.2) is 16.5 Å². The van der Waals surface area contributed by atoms with Gasteiger partial charge in [-0.15, -0.1) is 11.6 Å². The maximum absolute atomic E-state index is 10.2. The molecule has 0 bridgehead atoms. The minimum Gasteiger partial charge on any atom is -1.00 e. The van der Waals surface area contributed by atoms with Crippen LogP contribution < -0.4 is 51.4 Å². The number of aliphatic carboxylic acids is 1. The summed E-state index contributed by atoms with van der Waals surface area (Å²) < 4.78 is 0. The van der Waals surface area contributed by atoms with E-state index in [9.17, 15) is 4.79 Å². The summed E-state index contributed by atoms with van der Waals surface area (Å²) in [6.07, 6.45) is 4.95. The van der Waals surface area contributed by atoms with Gasteiger partial charge in [0.2, 0.25) is 0 Å². The number of hydrogen-bond acceptors (Lipinski definition) is 1. The molecule has 12 heavy (non-hydrogen) atoms. The average Bonchev–Trinajstić information content (AvgIpc) is 1.97. The molecule has 1 atom stereocenters. The molecule has 68 valence electrons. The monoisotopic (exact) mass is 218 g/mol. The molecule has 0 aliphatic heterocycles. The van der Waals surface area contributed by atoms with Crippen LogP contribution in [0, 0.1) is 0 Å². The van der Waals surface area contributed by atoms with Crippen molar-refractivity contribution in [2.24, 2.45) is 0 Å². The first-order valence-electron chi connectivity index (χ1n) is 4.05. The largest absolute Gasteiger partial charge is 1.00 e. The number of rotatable bonds is 6. The predicted octanol–water partition coefficient (Wildman–Crippen LogP) is -0.235. The topological polar surface area (TPSA) is 37.3 Å². The normalized spacial score (nSPS) is 11.8. The van der Waals surface area contributed by atoms with Crippen LogP contribution >= 0.6 is 11.6 Å². The molecule has 0 fully saturated rings. The zero-order valence-corrected chi connectivity index (χ0v) is 11.7. The standard InChI is InChI=1S/C8H15ClO2.K.H/c1-2-3-4-5-6-7(9)8(10)11;;/h7H,2-6H2,1H3,(H,10,11);;/q;+1;-1. The first kappa shape index (κ1) is 15.9. The molecule has 0 aromatic carbocycles. The first-order valence-corrected chi connectivity index (χ1v) is 4.49. The molecule has 0 aliphatic carbocycles. The predicted molar refractivity (Wildman–Crippen MR) is 47.1 cm³/mol. The van der Waals surface area contributed by atoms with E-state index in [1.807, 2.05) is 0 Å². The van der Waals surface area contributed by atoms with Gasteiger partial charge in [-0.2, -0.15) is 0 Å². The number of hydrogen-bond donors (Lipinski definition) is 1. The van der Waals surface area contributed by atoms with Gasteiger partial charge in [0, 0.05) is 0 Å². The van der Waals surface area contributed by atoms with Gasteiger partial charge in [0.25, 0.3) is 0 Å². The number of halogens is 1. The maximum atomic E-state index is 10.2. The van der Waals surface area contributed by atoms with E-state index in [4.69, 9.17) is 16.7 Å². The third-order valence-electron chi connectivity index (χ3n) is 1.58. The summed E-state index contributed by atoms with van der Waals surface area (Å²) in [5.41, 5.74) is 0. The van der Waals surface area contributed by atoms with E-state index < -0.39 is 11.3 Å². The van der Waals surface area contributed by atoms with Gasteiger partial charge in [-0.1, -0.05) is 32.6 Å². The van der Waals surface area contributed by atoms with Gasteiger partial charge in [-0.3, -0.25) is 4.79 Å². The quantitative estimate of drug-likeness (QED) is 0.380.